The first-order chi connectivity index (χ1) is 13.5. The van der Waals surface area contributed by atoms with Gasteiger partial charge in [0, 0.05) is 58.5 Å². The molecule has 1 aliphatic rings. The van der Waals surface area contributed by atoms with Crippen molar-refractivity contribution in [1.82, 2.24) is 10.2 Å². The standard InChI is InChI=1S/C21H33F2N3O2/c1-4-24-21(25-15-16(2)19-7-6-17(22)14-20(19)23)26-10-8-18(9-11-26)28-13-5-12-27-3/h6-7,14,16,18H,4-5,8-13,15H2,1-3H3,(H,24,25). The average Bonchev–Trinajstić information content (AvgIpc) is 2.69. The summed E-state index contributed by atoms with van der Waals surface area (Å²) in [5, 5.41) is 3.32. The van der Waals surface area contributed by atoms with Crippen LogP contribution in [0.1, 0.15) is 44.6 Å². The second kappa shape index (κ2) is 12.0. The predicted molar refractivity (Wildman–Crippen MR) is 108 cm³/mol. The molecule has 0 radical (unpaired) electrons. The third kappa shape index (κ3) is 7.02. The summed E-state index contributed by atoms with van der Waals surface area (Å²) in [6.45, 7) is 8.36. The molecule has 1 unspecified atom stereocenters. The van der Waals surface area contributed by atoms with Crippen molar-refractivity contribution in [2.75, 3.05) is 46.5 Å². The van der Waals surface area contributed by atoms with Crippen LogP contribution in [0.2, 0.25) is 0 Å². The Morgan fingerprint density at radius 3 is 2.68 bits per heavy atom. The zero-order valence-electron chi connectivity index (χ0n) is 17.2. The van der Waals surface area contributed by atoms with Gasteiger partial charge in [0.2, 0.25) is 0 Å². The van der Waals surface area contributed by atoms with Crippen LogP contribution in [-0.4, -0.2) is 63.5 Å². The molecule has 0 aromatic heterocycles. The van der Waals surface area contributed by atoms with E-state index >= 15 is 0 Å². The van der Waals surface area contributed by atoms with Crippen LogP contribution in [0, 0.1) is 11.6 Å². The molecular weight excluding hydrogens is 364 g/mol. The second-order valence-electron chi connectivity index (χ2n) is 7.17. The molecule has 1 aromatic rings. The molecule has 0 amide bonds. The molecule has 1 atom stereocenters. The summed E-state index contributed by atoms with van der Waals surface area (Å²) in [5.41, 5.74) is 0.490. The van der Waals surface area contributed by atoms with E-state index in [2.05, 4.69) is 10.2 Å². The second-order valence-corrected chi connectivity index (χ2v) is 7.17. The van der Waals surface area contributed by atoms with E-state index in [1.54, 1.807) is 7.11 Å². The van der Waals surface area contributed by atoms with Crippen molar-refractivity contribution >= 4 is 5.96 Å². The first-order valence-electron chi connectivity index (χ1n) is 10.1. The zero-order chi connectivity index (χ0) is 20.4. The van der Waals surface area contributed by atoms with Gasteiger partial charge >= 0.3 is 0 Å². The van der Waals surface area contributed by atoms with Gasteiger partial charge < -0.3 is 19.7 Å². The van der Waals surface area contributed by atoms with E-state index < -0.39 is 11.6 Å². The fraction of sp³-hybridized carbons (Fsp3) is 0.667. The van der Waals surface area contributed by atoms with Crippen molar-refractivity contribution in [3.05, 3.63) is 35.4 Å². The number of guanidine groups is 1. The largest absolute Gasteiger partial charge is 0.385 e. The number of nitrogens with one attached hydrogen (secondary N) is 1. The fourth-order valence-corrected chi connectivity index (χ4v) is 3.34. The van der Waals surface area contributed by atoms with Gasteiger partial charge in [0.15, 0.2) is 5.96 Å². The number of nitrogens with zero attached hydrogens (tertiary/aromatic N) is 2. The van der Waals surface area contributed by atoms with E-state index in [1.807, 2.05) is 13.8 Å². The van der Waals surface area contributed by atoms with E-state index in [0.29, 0.717) is 12.1 Å². The van der Waals surface area contributed by atoms with Crippen LogP contribution in [0.4, 0.5) is 8.78 Å². The summed E-state index contributed by atoms with van der Waals surface area (Å²) in [5.74, 6) is -0.359. The number of methoxy groups -OCH3 is 1. The molecule has 0 saturated carbocycles. The number of ether oxygens (including phenoxy) is 2. The first-order valence-corrected chi connectivity index (χ1v) is 10.1. The van der Waals surface area contributed by atoms with Crippen LogP contribution in [0.5, 0.6) is 0 Å². The molecule has 2 rings (SSSR count). The number of hydrogen-bond donors (Lipinski definition) is 1. The lowest BCUT2D eigenvalue weighted by Crippen LogP contribution is -2.47. The van der Waals surface area contributed by atoms with Crippen molar-refractivity contribution < 1.29 is 18.3 Å². The quantitative estimate of drug-likeness (QED) is 0.393. The normalized spacial score (nSPS) is 17.0. The van der Waals surface area contributed by atoms with Crippen LogP contribution >= 0.6 is 0 Å². The van der Waals surface area contributed by atoms with Gasteiger partial charge in [0.05, 0.1) is 6.10 Å². The van der Waals surface area contributed by atoms with Crippen LogP contribution in [0.25, 0.3) is 0 Å². The Hall–Kier alpha value is -1.73. The minimum absolute atomic E-state index is 0.129. The van der Waals surface area contributed by atoms with Crippen LogP contribution in [0.15, 0.2) is 23.2 Å². The summed E-state index contributed by atoms with van der Waals surface area (Å²) in [6.07, 6.45) is 3.11. The minimum Gasteiger partial charge on any atom is -0.385 e. The maximum Gasteiger partial charge on any atom is 0.193 e. The number of rotatable bonds is 9. The third-order valence-corrected chi connectivity index (χ3v) is 4.93. The van der Waals surface area contributed by atoms with Crippen LogP contribution in [-0.2, 0) is 9.47 Å². The smallest absolute Gasteiger partial charge is 0.193 e. The summed E-state index contributed by atoms with van der Waals surface area (Å²) in [7, 11) is 1.70. The number of likely N-dealkylation sites (tertiary alicyclic amines) is 1. The van der Waals surface area contributed by atoms with Crippen molar-refractivity contribution in [2.45, 2.75) is 45.1 Å². The molecule has 1 N–H and O–H groups in total. The molecule has 158 valence electrons. The molecule has 7 heteroatoms. The van der Waals surface area contributed by atoms with E-state index in [-0.39, 0.29) is 12.0 Å². The SMILES string of the molecule is CCNC(=NCC(C)c1ccc(F)cc1F)N1CCC(OCCCOC)CC1. The number of halogens is 2. The molecule has 5 nitrogen and oxygen atoms in total. The number of piperidine rings is 1. The molecule has 28 heavy (non-hydrogen) atoms. The predicted octanol–water partition coefficient (Wildman–Crippen LogP) is 3.55. The number of hydrogen-bond acceptors (Lipinski definition) is 3. The van der Waals surface area contributed by atoms with Crippen LogP contribution in [0.3, 0.4) is 0 Å². The van der Waals surface area contributed by atoms with E-state index in [0.717, 1.165) is 64.1 Å². The monoisotopic (exact) mass is 397 g/mol. The highest BCUT2D eigenvalue weighted by atomic mass is 19.1. The molecule has 0 spiro atoms. The van der Waals surface area contributed by atoms with Gasteiger partial charge in [0.1, 0.15) is 11.6 Å². The molecule has 0 bridgehead atoms. The maximum absolute atomic E-state index is 14.0. The highest BCUT2D eigenvalue weighted by Crippen LogP contribution is 2.21. The lowest BCUT2D eigenvalue weighted by Gasteiger charge is -2.34. The highest BCUT2D eigenvalue weighted by Gasteiger charge is 2.22. The van der Waals surface area contributed by atoms with E-state index in [4.69, 9.17) is 14.5 Å². The van der Waals surface area contributed by atoms with Crippen molar-refractivity contribution in [2.24, 2.45) is 4.99 Å². The molecular formula is C21H33F2N3O2. The Labute approximate surface area is 167 Å². The Morgan fingerprint density at radius 1 is 1.29 bits per heavy atom. The number of benzene rings is 1. The zero-order valence-corrected chi connectivity index (χ0v) is 17.2. The van der Waals surface area contributed by atoms with Crippen LogP contribution < -0.4 is 5.32 Å². The molecule has 1 fully saturated rings. The molecule has 0 aliphatic carbocycles. The summed E-state index contributed by atoms with van der Waals surface area (Å²) in [4.78, 5) is 6.93. The highest BCUT2D eigenvalue weighted by molar-refractivity contribution is 5.80. The first kappa shape index (κ1) is 22.6. The van der Waals surface area contributed by atoms with Crippen molar-refractivity contribution in [3.63, 3.8) is 0 Å². The third-order valence-electron chi connectivity index (χ3n) is 4.93. The number of aliphatic imine (C=N–C) groups is 1. The van der Waals surface area contributed by atoms with Crippen molar-refractivity contribution in [3.8, 4) is 0 Å². The summed E-state index contributed by atoms with van der Waals surface area (Å²) >= 11 is 0. The molecule has 1 heterocycles. The fourth-order valence-electron chi connectivity index (χ4n) is 3.34. The van der Waals surface area contributed by atoms with E-state index in [1.165, 1.54) is 12.1 Å². The Balaban J connectivity index is 1.88. The minimum atomic E-state index is -0.558. The Kier molecular flexibility index (Phi) is 9.64. The van der Waals surface area contributed by atoms with Crippen molar-refractivity contribution in [1.29, 1.82) is 0 Å². The van der Waals surface area contributed by atoms with Gasteiger partial charge in [-0.1, -0.05) is 13.0 Å². The summed E-state index contributed by atoms with van der Waals surface area (Å²) < 4.78 is 38.1. The lowest BCUT2D eigenvalue weighted by molar-refractivity contribution is 0.00990. The molecule has 1 aliphatic heterocycles. The Morgan fingerprint density at radius 2 is 2.04 bits per heavy atom. The van der Waals surface area contributed by atoms with Gasteiger partial charge in [-0.2, -0.15) is 0 Å². The van der Waals surface area contributed by atoms with Gasteiger partial charge in [-0.15, -0.1) is 0 Å². The lowest BCUT2D eigenvalue weighted by atomic mass is 10.0. The topological polar surface area (TPSA) is 46.1 Å². The Bertz CT molecular complexity index is 620. The van der Waals surface area contributed by atoms with E-state index in [9.17, 15) is 8.78 Å². The molecule has 1 saturated heterocycles. The average molecular weight is 398 g/mol. The molecule has 1 aromatic carbocycles. The van der Waals surface area contributed by atoms with Gasteiger partial charge in [0.25, 0.3) is 0 Å². The van der Waals surface area contributed by atoms with Gasteiger partial charge in [-0.05, 0) is 37.8 Å². The summed E-state index contributed by atoms with van der Waals surface area (Å²) in [6, 6.07) is 3.73. The maximum atomic E-state index is 14.0. The van der Waals surface area contributed by atoms with Gasteiger partial charge in [-0.25, -0.2) is 8.78 Å². The van der Waals surface area contributed by atoms with Gasteiger partial charge in [-0.3, -0.25) is 4.99 Å².